The second kappa shape index (κ2) is 6.90. The van der Waals surface area contributed by atoms with Gasteiger partial charge in [-0.1, -0.05) is 26.0 Å². The third-order valence-electron chi connectivity index (χ3n) is 4.01. The molecule has 1 aliphatic rings. The van der Waals surface area contributed by atoms with Crippen molar-refractivity contribution in [2.24, 2.45) is 5.92 Å². The Hall–Kier alpha value is -0.910. The Balaban J connectivity index is 2.23. The van der Waals surface area contributed by atoms with Crippen molar-refractivity contribution in [1.29, 1.82) is 0 Å². The van der Waals surface area contributed by atoms with Crippen molar-refractivity contribution < 1.29 is 8.42 Å². The molecule has 0 amide bonds. The van der Waals surface area contributed by atoms with Gasteiger partial charge in [0, 0.05) is 19.6 Å². The summed E-state index contributed by atoms with van der Waals surface area (Å²) >= 11 is 0. The van der Waals surface area contributed by atoms with E-state index in [0.29, 0.717) is 30.4 Å². The topological polar surface area (TPSA) is 49.4 Å². The van der Waals surface area contributed by atoms with Crippen LogP contribution in [0.25, 0.3) is 0 Å². The minimum Gasteiger partial charge on any atom is -0.313 e. The first-order valence-electron chi connectivity index (χ1n) is 7.75. The van der Waals surface area contributed by atoms with Gasteiger partial charge in [0.2, 0.25) is 10.0 Å². The van der Waals surface area contributed by atoms with Crippen molar-refractivity contribution in [3.05, 3.63) is 29.3 Å². The quantitative estimate of drug-likeness (QED) is 0.821. The molecule has 1 heterocycles. The standard InChI is InChI=1S/C16H26N2O2S/c1-4-8-17-11-15-6-5-14(3)16(10-15)21(19,20)18-9-7-13(2)12-18/h5-6,10,13,17H,4,7-9,11-12H2,1-3H3. The van der Waals surface area contributed by atoms with Crippen molar-refractivity contribution in [3.63, 3.8) is 0 Å². The number of hydrogen-bond acceptors (Lipinski definition) is 3. The van der Waals surface area contributed by atoms with Gasteiger partial charge in [0.15, 0.2) is 0 Å². The van der Waals surface area contributed by atoms with Crippen LogP contribution in [-0.2, 0) is 16.6 Å². The van der Waals surface area contributed by atoms with Crippen molar-refractivity contribution in [1.82, 2.24) is 9.62 Å². The number of aryl methyl sites for hydroxylation is 1. The SMILES string of the molecule is CCCNCc1ccc(C)c(S(=O)(=O)N2CCC(C)C2)c1. The van der Waals surface area contributed by atoms with Gasteiger partial charge in [0.25, 0.3) is 0 Å². The first-order valence-corrected chi connectivity index (χ1v) is 9.19. The summed E-state index contributed by atoms with van der Waals surface area (Å²) in [5, 5.41) is 3.32. The summed E-state index contributed by atoms with van der Waals surface area (Å²) in [6.07, 6.45) is 2.03. The molecule has 0 aliphatic carbocycles. The van der Waals surface area contributed by atoms with E-state index in [-0.39, 0.29) is 0 Å². The molecule has 0 saturated carbocycles. The number of rotatable bonds is 6. The van der Waals surface area contributed by atoms with Crippen LogP contribution in [0.5, 0.6) is 0 Å². The molecule has 0 radical (unpaired) electrons. The molecule has 1 fully saturated rings. The first kappa shape index (κ1) is 16.5. The van der Waals surface area contributed by atoms with E-state index < -0.39 is 10.0 Å². The number of sulfonamides is 1. The number of nitrogens with zero attached hydrogens (tertiary/aromatic N) is 1. The molecule has 0 spiro atoms. The van der Waals surface area contributed by atoms with Crippen LogP contribution < -0.4 is 5.32 Å². The fraction of sp³-hybridized carbons (Fsp3) is 0.625. The summed E-state index contributed by atoms with van der Waals surface area (Å²) in [4.78, 5) is 0.465. The Morgan fingerprint density at radius 1 is 1.38 bits per heavy atom. The van der Waals surface area contributed by atoms with E-state index >= 15 is 0 Å². The van der Waals surface area contributed by atoms with Crippen LogP contribution in [0.3, 0.4) is 0 Å². The molecule has 2 rings (SSSR count). The average Bonchev–Trinajstić information content (AvgIpc) is 2.88. The fourth-order valence-electron chi connectivity index (χ4n) is 2.69. The lowest BCUT2D eigenvalue weighted by Crippen LogP contribution is -2.29. The predicted octanol–water partition coefficient (Wildman–Crippen LogP) is 2.53. The Morgan fingerprint density at radius 2 is 2.14 bits per heavy atom. The van der Waals surface area contributed by atoms with Crippen molar-refractivity contribution in [2.45, 2.75) is 45.1 Å². The molecule has 21 heavy (non-hydrogen) atoms. The van der Waals surface area contributed by atoms with Crippen LogP contribution >= 0.6 is 0 Å². The van der Waals surface area contributed by atoms with Crippen LogP contribution in [0.1, 0.15) is 37.8 Å². The van der Waals surface area contributed by atoms with Gasteiger partial charge in [-0.25, -0.2) is 8.42 Å². The molecule has 5 heteroatoms. The van der Waals surface area contributed by atoms with E-state index in [1.54, 1.807) is 4.31 Å². The van der Waals surface area contributed by atoms with Crippen LogP contribution in [0, 0.1) is 12.8 Å². The summed E-state index contributed by atoms with van der Waals surface area (Å²) < 4.78 is 27.2. The molecule has 1 N–H and O–H groups in total. The fourth-order valence-corrected chi connectivity index (χ4v) is 4.54. The lowest BCUT2D eigenvalue weighted by molar-refractivity contribution is 0.464. The second-order valence-electron chi connectivity index (χ2n) is 6.03. The molecule has 1 unspecified atom stereocenters. The van der Waals surface area contributed by atoms with E-state index in [9.17, 15) is 8.42 Å². The molecule has 1 atom stereocenters. The monoisotopic (exact) mass is 310 g/mol. The lowest BCUT2D eigenvalue weighted by Gasteiger charge is -2.18. The van der Waals surface area contributed by atoms with Gasteiger partial charge in [-0.15, -0.1) is 0 Å². The summed E-state index contributed by atoms with van der Waals surface area (Å²) in [5.41, 5.74) is 1.86. The predicted molar refractivity (Wildman–Crippen MR) is 85.7 cm³/mol. The number of nitrogens with one attached hydrogen (secondary N) is 1. The van der Waals surface area contributed by atoms with Gasteiger partial charge in [0.05, 0.1) is 4.90 Å². The zero-order valence-corrected chi connectivity index (χ0v) is 14.0. The highest BCUT2D eigenvalue weighted by Crippen LogP contribution is 2.26. The normalized spacial score (nSPS) is 20.0. The molecular formula is C16H26N2O2S. The Kier molecular flexibility index (Phi) is 5.41. The summed E-state index contributed by atoms with van der Waals surface area (Å²) in [6.45, 7) is 9.03. The smallest absolute Gasteiger partial charge is 0.243 e. The third kappa shape index (κ3) is 3.84. The van der Waals surface area contributed by atoms with Crippen molar-refractivity contribution >= 4 is 10.0 Å². The molecular weight excluding hydrogens is 284 g/mol. The zero-order valence-electron chi connectivity index (χ0n) is 13.2. The molecule has 4 nitrogen and oxygen atoms in total. The van der Waals surface area contributed by atoms with E-state index in [1.165, 1.54) is 0 Å². The summed E-state index contributed by atoms with van der Waals surface area (Å²) in [7, 11) is -3.35. The van der Waals surface area contributed by atoms with E-state index in [2.05, 4.69) is 19.2 Å². The van der Waals surface area contributed by atoms with Gasteiger partial charge in [0.1, 0.15) is 0 Å². The third-order valence-corrected chi connectivity index (χ3v) is 6.02. The average molecular weight is 310 g/mol. The van der Waals surface area contributed by atoms with Gasteiger partial charge < -0.3 is 5.32 Å². The Bertz CT molecular complexity index is 584. The lowest BCUT2D eigenvalue weighted by atomic mass is 10.1. The summed E-state index contributed by atoms with van der Waals surface area (Å²) in [5.74, 6) is 0.453. The van der Waals surface area contributed by atoms with E-state index in [4.69, 9.17) is 0 Å². The summed E-state index contributed by atoms with van der Waals surface area (Å²) in [6, 6.07) is 5.75. The minimum atomic E-state index is -3.35. The maximum atomic E-state index is 12.8. The van der Waals surface area contributed by atoms with Gasteiger partial charge in [-0.2, -0.15) is 4.31 Å². The van der Waals surface area contributed by atoms with E-state index in [0.717, 1.165) is 30.5 Å². The molecule has 1 saturated heterocycles. The van der Waals surface area contributed by atoms with Crippen LogP contribution in [0.4, 0.5) is 0 Å². The minimum absolute atomic E-state index is 0.453. The molecule has 118 valence electrons. The Morgan fingerprint density at radius 3 is 2.76 bits per heavy atom. The molecule has 0 bridgehead atoms. The molecule has 1 aromatic carbocycles. The maximum absolute atomic E-state index is 12.8. The highest BCUT2D eigenvalue weighted by atomic mass is 32.2. The van der Waals surface area contributed by atoms with Crippen molar-refractivity contribution in [2.75, 3.05) is 19.6 Å². The molecule has 1 aromatic rings. The van der Waals surface area contributed by atoms with Crippen LogP contribution in [-0.4, -0.2) is 32.4 Å². The zero-order chi connectivity index (χ0) is 15.5. The first-order chi connectivity index (χ1) is 9.95. The van der Waals surface area contributed by atoms with Gasteiger partial charge >= 0.3 is 0 Å². The second-order valence-corrected chi connectivity index (χ2v) is 7.94. The highest BCUT2D eigenvalue weighted by molar-refractivity contribution is 7.89. The van der Waals surface area contributed by atoms with Crippen molar-refractivity contribution in [3.8, 4) is 0 Å². The van der Waals surface area contributed by atoms with Gasteiger partial charge in [-0.05, 0) is 49.4 Å². The molecule has 0 aromatic heterocycles. The Labute approximate surface area is 128 Å². The largest absolute Gasteiger partial charge is 0.313 e. The number of benzene rings is 1. The molecule has 1 aliphatic heterocycles. The number of hydrogen-bond donors (Lipinski definition) is 1. The van der Waals surface area contributed by atoms with Crippen LogP contribution in [0.2, 0.25) is 0 Å². The van der Waals surface area contributed by atoms with Gasteiger partial charge in [-0.3, -0.25) is 0 Å². The highest BCUT2D eigenvalue weighted by Gasteiger charge is 2.31. The van der Waals surface area contributed by atoms with E-state index in [1.807, 2.05) is 25.1 Å². The van der Waals surface area contributed by atoms with Crippen LogP contribution in [0.15, 0.2) is 23.1 Å². The maximum Gasteiger partial charge on any atom is 0.243 e.